The number of esters is 1. The lowest BCUT2D eigenvalue weighted by molar-refractivity contribution is 0.0527. The molecule has 0 unspecified atom stereocenters. The minimum atomic E-state index is -3.60. The summed E-state index contributed by atoms with van der Waals surface area (Å²) in [4.78, 5) is 12.1. The van der Waals surface area contributed by atoms with E-state index in [0.29, 0.717) is 5.69 Å². The summed E-state index contributed by atoms with van der Waals surface area (Å²) in [5.74, 6) is -0.573. The third-order valence-electron chi connectivity index (χ3n) is 3.52. The highest BCUT2D eigenvalue weighted by Gasteiger charge is 2.22. The van der Waals surface area contributed by atoms with Gasteiger partial charge in [-0.2, -0.15) is 5.10 Å². The van der Waals surface area contributed by atoms with E-state index in [9.17, 15) is 13.2 Å². The Morgan fingerprint density at radius 1 is 1.24 bits per heavy atom. The number of aromatic nitrogens is 2. The summed E-state index contributed by atoms with van der Waals surface area (Å²) in [6, 6.07) is 7.56. The van der Waals surface area contributed by atoms with Crippen molar-refractivity contribution in [2.45, 2.75) is 33.1 Å². The summed E-state index contributed by atoms with van der Waals surface area (Å²) in [7, 11) is -3.60. The molecule has 1 aromatic heterocycles. The molecule has 0 amide bonds. The SMILES string of the molecule is CCOC(=O)c1cnn(-c2ccc(C(C)(C)C)cc2)c1NS(C)(=O)=O. The highest BCUT2D eigenvalue weighted by Crippen LogP contribution is 2.26. The van der Waals surface area contributed by atoms with E-state index < -0.39 is 16.0 Å². The fraction of sp³-hybridized carbons (Fsp3) is 0.412. The van der Waals surface area contributed by atoms with Crippen molar-refractivity contribution in [3.05, 3.63) is 41.6 Å². The van der Waals surface area contributed by atoms with E-state index in [1.807, 2.05) is 24.3 Å². The summed E-state index contributed by atoms with van der Waals surface area (Å²) < 4.78 is 32.1. The molecule has 1 heterocycles. The number of nitrogens with one attached hydrogen (secondary N) is 1. The van der Waals surface area contributed by atoms with Gasteiger partial charge in [-0.15, -0.1) is 0 Å². The van der Waals surface area contributed by atoms with Crippen LogP contribution in [-0.2, 0) is 20.2 Å². The summed E-state index contributed by atoms with van der Waals surface area (Å²) in [6.45, 7) is 8.17. The zero-order chi connectivity index (χ0) is 18.8. The van der Waals surface area contributed by atoms with Gasteiger partial charge in [-0.1, -0.05) is 32.9 Å². The number of rotatable bonds is 5. The Morgan fingerprint density at radius 3 is 2.32 bits per heavy atom. The van der Waals surface area contributed by atoms with Crippen molar-refractivity contribution in [1.82, 2.24) is 9.78 Å². The molecular formula is C17H23N3O4S. The van der Waals surface area contributed by atoms with Gasteiger partial charge in [0.15, 0.2) is 5.82 Å². The largest absolute Gasteiger partial charge is 0.462 e. The molecule has 7 nitrogen and oxygen atoms in total. The Hall–Kier alpha value is -2.35. The average Bonchev–Trinajstić information content (AvgIpc) is 2.88. The van der Waals surface area contributed by atoms with Gasteiger partial charge in [0.2, 0.25) is 10.0 Å². The molecule has 0 aliphatic heterocycles. The lowest BCUT2D eigenvalue weighted by atomic mass is 9.87. The average molecular weight is 365 g/mol. The number of carbonyl (C=O) groups excluding carboxylic acids is 1. The van der Waals surface area contributed by atoms with E-state index >= 15 is 0 Å². The second-order valence-corrected chi connectivity index (χ2v) is 8.46. The highest BCUT2D eigenvalue weighted by atomic mass is 32.2. The summed E-state index contributed by atoms with van der Waals surface area (Å²) in [5.41, 5.74) is 1.82. The van der Waals surface area contributed by atoms with Crippen LogP contribution in [0.15, 0.2) is 30.5 Å². The number of carbonyl (C=O) groups is 1. The molecular weight excluding hydrogens is 342 g/mol. The van der Waals surface area contributed by atoms with Crippen molar-refractivity contribution >= 4 is 21.8 Å². The second kappa shape index (κ2) is 6.87. The molecule has 0 radical (unpaired) electrons. The van der Waals surface area contributed by atoms with Gasteiger partial charge >= 0.3 is 5.97 Å². The predicted octanol–water partition coefficient (Wildman–Crippen LogP) is 2.72. The first-order chi connectivity index (χ1) is 11.5. The molecule has 0 spiro atoms. The van der Waals surface area contributed by atoms with Crippen molar-refractivity contribution in [2.75, 3.05) is 17.6 Å². The van der Waals surface area contributed by atoms with Gasteiger partial charge in [0.25, 0.3) is 0 Å². The highest BCUT2D eigenvalue weighted by molar-refractivity contribution is 7.92. The Balaban J connectivity index is 2.52. The molecule has 0 atom stereocenters. The zero-order valence-electron chi connectivity index (χ0n) is 15.0. The molecule has 25 heavy (non-hydrogen) atoms. The van der Waals surface area contributed by atoms with Crippen LogP contribution in [0, 0.1) is 0 Å². The molecule has 2 aromatic rings. The molecule has 0 bridgehead atoms. The van der Waals surface area contributed by atoms with E-state index in [1.165, 1.54) is 10.9 Å². The van der Waals surface area contributed by atoms with Crippen LogP contribution in [0.4, 0.5) is 5.82 Å². The van der Waals surface area contributed by atoms with Gasteiger partial charge in [-0.05, 0) is 30.0 Å². The number of nitrogens with zero attached hydrogens (tertiary/aromatic N) is 2. The quantitative estimate of drug-likeness (QED) is 0.823. The van der Waals surface area contributed by atoms with Gasteiger partial charge in [0, 0.05) is 0 Å². The van der Waals surface area contributed by atoms with Crippen LogP contribution in [0.25, 0.3) is 5.69 Å². The van der Waals surface area contributed by atoms with Crippen molar-refractivity contribution in [1.29, 1.82) is 0 Å². The predicted molar refractivity (Wildman–Crippen MR) is 96.7 cm³/mol. The van der Waals surface area contributed by atoms with Gasteiger partial charge in [-0.25, -0.2) is 17.9 Å². The smallest absolute Gasteiger partial charge is 0.343 e. The van der Waals surface area contributed by atoms with Crippen LogP contribution in [0.1, 0.15) is 43.6 Å². The first-order valence-corrected chi connectivity index (χ1v) is 9.76. The van der Waals surface area contributed by atoms with E-state index in [2.05, 4.69) is 30.6 Å². The van der Waals surface area contributed by atoms with Crippen molar-refractivity contribution in [2.24, 2.45) is 0 Å². The topological polar surface area (TPSA) is 90.3 Å². The standard InChI is InChI=1S/C17H23N3O4S/c1-6-24-16(21)14-11-18-20(15(14)19-25(5,22)23)13-9-7-12(8-10-13)17(2,3)4/h7-11,19H,6H2,1-5H3. The number of sulfonamides is 1. The lowest BCUT2D eigenvalue weighted by Crippen LogP contribution is -2.17. The van der Waals surface area contributed by atoms with Crippen LogP contribution >= 0.6 is 0 Å². The summed E-state index contributed by atoms with van der Waals surface area (Å²) in [5, 5.41) is 4.15. The van der Waals surface area contributed by atoms with Crippen molar-refractivity contribution < 1.29 is 17.9 Å². The minimum absolute atomic E-state index is 0.00736. The third-order valence-corrected chi connectivity index (χ3v) is 4.09. The fourth-order valence-corrected chi connectivity index (χ4v) is 2.83. The number of benzene rings is 1. The maximum Gasteiger partial charge on any atom is 0.343 e. The minimum Gasteiger partial charge on any atom is -0.462 e. The van der Waals surface area contributed by atoms with Crippen LogP contribution in [0.3, 0.4) is 0 Å². The van der Waals surface area contributed by atoms with Crippen molar-refractivity contribution in [3.63, 3.8) is 0 Å². The molecule has 0 aliphatic carbocycles. The number of hydrogen-bond acceptors (Lipinski definition) is 5. The number of anilines is 1. The molecule has 0 saturated heterocycles. The van der Waals surface area contributed by atoms with Gasteiger partial charge in [-0.3, -0.25) is 4.72 Å². The molecule has 8 heteroatoms. The molecule has 0 aliphatic rings. The van der Waals surface area contributed by atoms with Crippen LogP contribution in [0.2, 0.25) is 0 Å². The zero-order valence-corrected chi connectivity index (χ0v) is 15.8. The summed E-state index contributed by atoms with van der Waals surface area (Å²) >= 11 is 0. The van der Waals surface area contributed by atoms with Gasteiger partial charge < -0.3 is 4.74 Å². The second-order valence-electron chi connectivity index (χ2n) is 6.71. The molecule has 0 saturated carbocycles. The molecule has 0 fully saturated rings. The molecule has 2 rings (SSSR count). The van der Waals surface area contributed by atoms with E-state index in [-0.39, 0.29) is 23.4 Å². The van der Waals surface area contributed by atoms with Gasteiger partial charge in [0.05, 0.1) is 24.7 Å². The van der Waals surface area contributed by atoms with Crippen LogP contribution in [0.5, 0.6) is 0 Å². The van der Waals surface area contributed by atoms with Crippen molar-refractivity contribution in [3.8, 4) is 5.69 Å². The molecule has 1 aromatic carbocycles. The molecule has 136 valence electrons. The first kappa shape index (κ1) is 19.0. The summed E-state index contributed by atoms with van der Waals surface area (Å²) in [6.07, 6.45) is 2.31. The Kier molecular flexibility index (Phi) is 5.22. The van der Waals surface area contributed by atoms with E-state index in [1.54, 1.807) is 6.92 Å². The maximum atomic E-state index is 12.1. The maximum absolute atomic E-state index is 12.1. The monoisotopic (exact) mass is 365 g/mol. The Bertz CT molecular complexity index is 862. The number of ether oxygens (including phenoxy) is 1. The fourth-order valence-electron chi connectivity index (χ4n) is 2.28. The third kappa shape index (κ3) is 4.60. The van der Waals surface area contributed by atoms with Crippen LogP contribution < -0.4 is 4.72 Å². The Morgan fingerprint density at radius 2 is 1.84 bits per heavy atom. The number of hydrogen-bond donors (Lipinski definition) is 1. The van der Waals surface area contributed by atoms with Crippen LogP contribution in [-0.4, -0.2) is 37.0 Å². The Labute approximate surface area is 148 Å². The van der Waals surface area contributed by atoms with E-state index in [0.717, 1.165) is 11.8 Å². The first-order valence-electron chi connectivity index (χ1n) is 7.87. The van der Waals surface area contributed by atoms with Gasteiger partial charge in [0.1, 0.15) is 5.56 Å². The molecule has 1 N–H and O–H groups in total. The normalized spacial score (nSPS) is 12.0. The van der Waals surface area contributed by atoms with E-state index in [4.69, 9.17) is 4.74 Å². The lowest BCUT2D eigenvalue weighted by Gasteiger charge is -2.19.